The van der Waals surface area contributed by atoms with Crippen LogP contribution in [0.3, 0.4) is 0 Å². The van der Waals surface area contributed by atoms with Gasteiger partial charge in [0, 0.05) is 32.1 Å². The number of fused-ring (bicyclic) bond motifs is 20. The maximum absolute atomic E-state index is 12.8. The minimum Gasteiger partial charge on any atom is -0.469 e. The minimum absolute atomic E-state index is 0. The highest BCUT2D eigenvalue weighted by Gasteiger charge is 2.46. The molecule has 20 aliphatic carbocycles. The van der Waals surface area contributed by atoms with Crippen LogP contribution in [-0.2, 0) is 63.7 Å². The summed E-state index contributed by atoms with van der Waals surface area (Å²) in [6, 6.07) is 9.06. The molecule has 0 spiro atoms. The molecule has 30 atom stereocenters. The molecule has 12 nitrogen and oxygen atoms in total. The smallest absolute Gasteiger partial charge is 0.355 e. The molecule has 15 heteroatoms. The zero-order valence-electron chi connectivity index (χ0n) is 72.7. The van der Waals surface area contributed by atoms with E-state index in [1.165, 1.54) is 149 Å². The fourth-order valence-corrected chi connectivity index (χ4v) is 24.3. The average molecular weight is 1650 g/mol. The third kappa shape index (κ3) is 26.2. The molecule has 0 aliphatic heterocycles. The predicted molar refractivity (Wildman–Crippen MR) is 467 cm³/mol. The molecule has 20 bridgehead atoms. The highest BCUT2D eigenvalue weighted by atomic mass is 19.3. The number of aryl methyl sites for hydroxylation is 1. The number of allylic oxidation sites excluding steroid dienone is 20. The molecule has 1 aromatic carbocycles. The predicted octanol–water partition coefficient (Wildman–Crippen LogP) is 23.2. The molecule has 0 aromatic heterocycles. The summed E-state index contributed by atoms with van der Waals surface area (Å²) in [5.41, 5.74) is 2.89. The van der Waals surface area contributed by atoms with Crippen LogP contribution in [0.25, 0.3) is 0 Å². The third-order valence-electron chi connectivity index (χ3n) is 30.9. The summed E-state index contributed by atoms with van der Waals surface area (Å²) < 4.78 is 49.4. The normalized spacial score (nSPS) is 37.7. The first-order valence-corrected chi connectivity index (χ1v) is 46.0. The number of rotatable bonds is 19. The van der Waals surface area contributed by atoms with Crippen molar-refractivity contribution in [1.29, 1.82) is 0 Å². The molecule has 10 saturated carbocycles. The highest BCUT2D eigenvalue weighted by molar-refractivity contribution is 5.80. The van der Waals surface area contributed by atoms with Crippen LogP contribution < -0.4 is 0 Å². The SMILES string of the molecule is C.CC(=O)C1CC2C=CC1C2.CC(=O)CCC1CC2C=CC1C2.CC(=O)CCC1CC2C=CC1C2.CC(=O)OCC1CC2C=CC1C2.CCC(F)(F)OCC1CC2C=CC1C2.CCC1CC2C=CC1C2.COC(=O)C1CC2C=CC1C2.COC(=O)C1CC2C=CC1C2.COC(=O)C1CC2C=CC1C2.Cc1ccc(CC2CC3C=CC2C3)cc1.F. The van der Waals surface area contributed by atoms with Gasteiger partial charge in [-0.25, -0.2) is 0 Å². The lowest BCUT2D eigenvalue weighted by molar-refractivity contribution is -0.246. The van der Waals surface area contributed by atoms with E-state index < -0.39 is 6.11 Å². The summed E-state index contributed by atoms with van der Waals surface area (Å²) in [5.74, 6) is 20.6. The van der Waals surface area contributed by atoms with Crippen molar-refractivity contribution < 1.29 is 70.7 Å². The molecule has 21 rings (SSSR count). The van der Waals surface area contributed by atoms with Crippen LogP contribution in [0.2, 0.25) is 0 Å². The molecule has 20 aliphatic rings. The monoisotopic (exact) mass is 1650 g/mol. The van der Waals surface area contributed by atoms with E-state index in [0.29, 0.717) is 101 Å². The van der Waals surface area contributed by atoms with Crippen molar-refractivity contribution in [3.63, 3.8) is 0 Å². The Hall–Kier alpha value is -6.74. The second-order valence-electron chi connectivity index (χ2n) is 39.2. The topological polar surface area (TPSA) is 166 Å². The molecule has 30 unspecified atom stereocenters. The Morgan fingerprint density at radius 2 is 0.630 bits per heavy atom. The van der Waals surface area contributed by atoms with Crippen LogP contribution in [0.15, 0.2) is 146 Å². The van der Waals surface area contributed by atoms with Crippen molar-refractivity contribution in [3.8, 4) is 0 Å². The van der Waals surface area contributed by atoms with Gasteiger partial charge in [0.2, 0.25) is 0 Å². The Morgan fingerprint density at radius 3 is 0.857 bits per heavy atom. The van der Waals surface area contributed by atoms with Gasteiger partial charge < -0.3 is 33.3 Å². The van der Waals surface area contributed by atoms with Gasteiger partial charge in [-0.05, 0) is 335 Å². The Kier molecular flexibility index (Phi) is 35.4. The number of hydrogen-bond donors (Lipinski definition) is 0. The number of alkyl halides is 2. The minimum atomic E-state index is -2.93. The number of carbonyl (C=O) groups excluding carboxylic acids is 7. The first kappa shape index (κ1) is 94.5. The van der Waals surface area contributed by atoms with Crippen molar-refractivity contribution in [3.05, 3.63) is 157 Å². The van der Waals surface area contributed by atoms with Crippen LogP contribution >= 0.6 is 0 Å². The fourth-order valence-electron chi connectivity index (χ4n) is 24.3. The maximum atomic E-state index is 12.8. The number of halogens is 3. The van der Waals surface area contributed by atoms with Crippen molar-refractivity contribution in [2.45, 2.75) is 235 Å². The summed E-state index contributed by atoms with van der Waals surface area (Å²) in [5, 5.41) is 0. The van der Waals surface area contributed by atoms with Gasteiger partial charge in [0.15, 0.2) is 0 Å². The van der Waals surface area contributed by atoms with E-state index in [0.717, 1.165) is 147 Å². The van der Waals surface area contributed by atoms with E-state index in [-0.39, 0.29) is 66.8 Å². The van der Waals surface area contributed by atoms with Gasteiger partial charge in [-0.15, -0.1) is 0 Å². The van der Waals surface area contributed by atoms with E-state index in [9.17, 15) is 42.3 Å². The highest BCUT2D eigenvalue weighted by Crippen LogP contribution is 2.52. The Labute approximate surface area is 712 Å². The van der Waals surface area contributed by atoms with Crippen LogP contribution in [-0.4, -0.2) is 81.9 Å². The van der Waals surface area contributed by atoms with Crippen molar-refractivity contribution in [2.75, 3.05) is 34.5 Å². The summed E-state index contributed by atoms with van der Waals surface area (Å²) in [6.45, 7) is 13.4. The second kappa shape index (κ2) is 44.5. The van der Waals surface area contributed by atoms with Crippen LogP contribution in [0.1, 0.15) is 227 Å². The summed E-state index contributed by atoms with van der Waals surface area (Å²) >= 11 is 0. The Bertz CT molecular complexity index is 3610. The molecule has 656 valence electrons. The van der Waals surface area contributed by atoms with E-state index >= 15 is 0 Å². The lowest BCUT2D eigenvalue weighted by Gasteiger charge is -2.21. The number of methoxy groups -OCH3 is 3. The van der Waals surface area contributed by atoms with Crippen LogP contribution in [0, 0.1) is 184 Å². The molecular formula is C104H147F3O12. The number of ether oxygens (including phenoxy) is 5. The van der Waals surface area contributed by atoms with Crippen LogP contribution in [0.4, 0.5) is 13.5 Å². The largest absolute Gasteiger partial charge is 0.469 e. The molecule has 0 radical (unpaired) electrons. The van der Waals surface area contributed by atoms with Crippen molar-refractivity contribution in [1.82, 2.24) is 0 Å². The lowest BCUT2D eigenvalue weighted by atomic mass is 9.87. The van der Waals surface area contributed by atoms with Gasteiger partial charge >= 0.3 is 30.0 Å². The standard InChI is InChI=1S/C15H18.C11H16F2O.2C11H16O.C10H14O2.3C9H12O2.C9H12O.C9H14.CH4.FH/c1-11-2-4-12(5-3-11)8-15-10-13-6-7-14(15)9-13;1-2-11(12,13)14-7-10-6-8-3-4-9(10)5-8;2*1-8(12)2-4-10-6-9-3-5-11(10)7-9;1-7(11)12-6-10-5-8-2-3-9(10)4-8;3*1-11-9(10)8-5-6-2-3-7(8)4-6;1-6(10)9-5-7-2-3-8(9)4-7;1-2-8-5-7-3-4-9(8)6-7;;/h2-7,13-15H,8-10H2,1H3;3-4,8-10H,2,5-7H2,1H3;2*3,5,9-11H,2,4,6-7H2,1H3;2-3,8-10H,4-6H2,1H3;3*2-3,6-8H,4-5H2,1H3;2-3,7-9H,4-5H2,1H3;3-4,7-9H,2,5-6H2,1H3;1H4;1H. The number of benzene rings is 1. The van der Waals surface area contributed by atoms with E-state index in [4.69, 9.17) is 18.9 Å². The second-order valence-corrected chi connectivity index (χ2v) is 39.2. The van der Waals surface area contributed by atoms with E-state index in [1.54, 1.807) is 20.8 Å². The van der Waals surface area contributed by atoms with Crippen LogP contribution in [0.5, 0.6) is 0 Å². The van der Waals surface area contributed by atoms with Gasteiger partial charge in [-0.1, -0.05) is 179 Å². The molecular weight excluding hydrogens is 1500 g/mol. The first-order valence-electron chi connectivity index (χ1n) is 46.0. The molecule has 0 saturated heterocycles. The summed E-state index contributed by atoms with van der Waals surface area (Å²) in [4.78, 5) is 76.6. The van der Waals surface area contributed by atoms with Gasteiger partial charge in [-0.3, -0.25) is 28.7 Å². The fraction of sp³-hybridized carbons (Fsp3) is 0.683. The van der Waals surface area contributed by atoms with Gasteiger partial charge in [0.1, 0.15) is 17.3 Å². The molecule has 0 heterocycles. The summed E-state index contributed by atoms with van der Waals surface area (Å²) in [7, 11) is 4.41. The maximum Gasteiger partial charge on any atom is 0.355 e. The Morgan fingerprint density at radius 1 is 0.353 bits per heavy atom. The number of Topliss-reactive ketones (excluding diaryl/α,β-unsaturated/α-hetero) is 3. The zero-order valence-corrected chi connectivity index (χ0v) is 72.7. The number of esters is 4. The molecule has 10 fully saturated rings. The van der Waals surface area contributed by atoms with Gasteiger partial charge in [-0.2, -0.15) is 8.78 Å². The summed E-state index contributed by atoms with van der Waals surface area (Å²) in [6.07, 6.45) is 73.9. The molecule has 0 amide bonds. The van der Waals surface area contributed by atoms with Crippen molar-refractivity contribution in [2.24, 2.45) is 178 Å². The van der Waals surface area contributed by atoms with Gasteiger partial charge in [0.25, 0.3) is 0 Å². The quantitative estimate of drug-likeness (QED) is 0.0732. The van der Waals surface area contributed by atoms with Gasteiger partial charge in [0.05, 0.1) is 52.3 Å². The number of hydrogen-bond acceptors (Lipinski definition) is 12. The number of ketones is 3. The van der Waals surface area contributed by atoms with Crippen molar-refractivity contribution >= 4 is 41.2 Å². The lowest BCUT2D eigenvalue weighted by Crippen LogP contribution is -2.25. The third-order valence-corrected chi connectivity index (χ3v) is 30.9. The van der Waals surface area contributed by atoms with E-state index in [1.807, 2.05) is 0 Å². The molecule has 0 N–H and O–H groups in total. The first-order chi connectivity index (χ1) is 56.3. The number of carbonyl (C=O) groups is 7. The molecule has 1 aromatic rings. The Balaban J connectivity index is 0.000000139. The van der Waals surface area contributed by atoms with E-state index in [2.05, 4.69) is 164 Å². The molecule has 119 heavy (non-hydrogen) atoms. The zero-order chi connectivity index (χ0) is 83.0. The average Bonchev–Trinajstić information content (AvgIpc) is 1.67.